The molecule has 0 fully saturated rings. The Labute approximate surface area is 106 Å². The van der Waals surface area contributed by atoms with Gasteiger partial charge in [0.25, 0.3) is 0 Å². The molecule has 0 amide bonds. The van der Waals surface area contributed by atoms with E-state index in [-0.39, 0.29) is 12.3 Å². The van der Waals surface area contributed by atoms with Crippen molar-refractivity contribution < 1.29 is 13.2 Å². The minimum Gasteiger partial charge on any atom is -0.496 e. The zero-order chi connectivity index (χ0) is 12.9. The summed E-state index contributed by atoms with van der Waals surface area (Å²) in [6.45, 7) is 0.758. The van der Waals surface area contributed by atoms with Crippen molar-refractivity contribution in [2.75, 3.05) is 19.4 Å². The topological polar surface area (TPSA) is 81.4 Å². The zero-order valence-corrected chi connectivity index (χ0v) is 11.0. The Balaban J connectivity index is 2.54. The summed E-state index contributed by atoms with van der Waals surface area (Å²) in [5, 5.41) is 8.45. The summed E-state index contributed by atoms with van der Waals surface area (Å²) >= 11 is 5.86. The van der Waals surface area contributed by atoms with Crippen LogP contribution < -0.4 is 15.2 Å². The lowest BCUT2D eigenvalue weighted by Crippen LogP contribution is -2.26. The highest BCUT2D eigenvalue weighted by Crippen LogP contribution is 2.22. The van der Waals surface area contributed by atoms with Gasteiger partial charge in [0.05, 0.1) is 12.9 Å². The number of ether oxygens (including phenoxy) is 1. The van der Waals surface area contributed by atoms with Gasteiger partial charge in [0.15, 0.2) is 0 Å². The first-order chi connectivity index (χ1) is 7.92. The molecule has 0 atom stereocenters. The molecule has 0 radical (unpaired) electrons. The minimum atomic E-state index is -3.42. The molecule has 0 aliphatic heterocycles. The maximum absolute atomic E-state index is 10.7. The van der Waals surface area contributed by atoms with Crippen LogP contribution in [0.5, 0.6) is 5.75 Å². The van der Waals surface area contributed by atoms with Crippen LogP contribution in [0.3, 0.4) is 0 Å². The molecule has 0 spiro atoms. The molecule has 0 saturated carbocycles. The Bertz CT molecular complexity index is 476. The first-order valence-corrected chi connectivity index (χ1v) is 7.05. The third-order valence-electron chi connectivity index (χ3n) is 2.12. The summed E-state index contributed by atoms with van der Waals surface area (Å²) in [5.41, 5.74) is 0.870. The van der Waals surface area contributed by atoms with Crippen LogP contribution in [0.1, 0.15) is 5.56 Å². The van der Waals surface area contributed by atoms with Crippen molar-refractivity contribution in [3.05, 3.63) is 28.8 Å². The first kappa shape index (κ1) is 14.2. The van der Waals surface area contributed by atoms with E-state index >= 15 is 0 Å². The quantitative estimate of drug-likeness (QED) is 0.752. The Hall–Kier alpha value is -0.820. The van der Waals surface area contributed by atoms with Crippen molar-refractivity contribution in [1.82, 2.24) is 5.32 Å². The van der Waals surface area contributed by atoms with E-state index in [1.165, 1.54) is 0 Å². The highest BCUT2D eigenvalue weighted by molar-refractivity contribution is 7.89. The van der Waals surface area contributed by atoms with Crippen LogP contribution in [0.25, 0.3) is 0 Å². The van der Waals surface area contributed by atoms with Gasteiger partial charge in [-0.15, -0.1) is 0 Å². The highest BCUT2D eigenvalue weighted by atomic mass is 35.5. The average Bonchev–Trinajstić information content (AvgIpc) is 2.23. The number of nitrogens with one attached hydrogen (secondary N) is 1. The number of hydrogen-bond acceptors (Lipinski definition) is 4. The van der Waals surface area contributed by atoms with Crippen molar-refractivity contribution >= 4 is 21.6 Å². The van der Waals surface area contributed by atoms with E-state index in [1.54, 1.807) is 25.3 Å². The fourth-order valence-corrected chi connectivity index (χ4v) is 1.95. The molecular formula is C10H15ClN2O3S. The smallest absolute Gasteiger partial charge is 0.210 e. The largest absolute Gasteiger partial charge is 0.496 e. The number of sulfonamides is 1. The molecule has 1 rings (SSSR count). The van der Waals surface area contributed by atoms with Crippen LogP contribution in [0.2, 0.25) is 5.02 Å². The Morgan fingerprint density at radius 2 is 2.18 bits per heavy atom. The zero-order valence-electron chi connectivity index (χ0n) is 9.44. The standard InChI is InChI=1S/C10H15ClN2O3S/c1-16-10-3-2-9(11)6-8(10)7-13-4-5-17(12,14)15/h2-3,6,13H,4-5,7H2,1H3,(H2,12,14,15). The third-order valence-corrected chi connectivity index (χ3v) is 3.13. The summed E-state index contributed by atoms with van der Waals surface area (Å²) in [4.78, 5) is 0. The predicted molar refractivity (Wildman–Crippen MR) is 67.7 cm³/mol. The lowest BCUT2D eigenvalue weighted by atomic mass is 10.2. The second-order valence-corrected chi connectivity index (χ2v) is 5.67. The van der Waals surface area contributed by atoms with Gasteiger partial charge in [-0.3, -0.25) is 0 Å². The van der Waals surface area contributed by atoms with Crippen LogP contribution in [0.4, 0.5) is 0 Å². The van der Waals surface area contributed by atoms with Crippen molar-refractivity contribution in [2.24, 2.45) is 5.14 Å². The van der Waals surface area contributed by atoms with Crippen LogP contribution in [0.15, 0.2) is 18.2 Å². The van der Waals surface area contributed by atoms with Gasteiger partial charge in [0.2, 0.25) is 10.0 Å². The second kappa shape index (κ2) is 6.20. The minimum absolute atomic E-state index is 0.101. The summed E-state index contributed by atoms with van der Waals surface area (Å²) < 4.78 is 26.6. The van der Waals surface area contributed by atoms with E-state index < -0.39 is 10.0 Å². The Morgan fingerprint density at radius 3 is 2.76 bits per heavy atom. The van der Waals surface area contributed by atoms with E-state index in [4.69, 9.17) is 21.5 Å². The molecule has 3 N–H and O–H groups in total. The second-order valence-electron chi connectivity index (χ2n) is 3.50. The maximum atomic E-state index is 10.7. The predicted octanol–water partition coefficient (Wildman–Crippen LogP) is 0.727. The van der Waals surface area contributed by atoms with Gasteiger partial charge < -0.3 is 10.1 Å². The van der Waals surface area contributed by atoms with Crippen molar-refractivity contribution in [2.45, 2.75) is 6.54 Å². The molecule has 1 aromatic carbocycles. The monoisotopic (exact) mass is 278 g/mol. The SMILES string of the molecule is COc1ccc(Cl)cc1CNCCS(N)(=O)=O. The van der Waals surface area contributed by atoms with Crippen LogP contribution in [0, 0.1) is 0 Å². The van der Waals surface area contributed by atoms with Crippen molar-refractivity contribution in [1.29, 1.82) is 0 Å². The van der Waals surface area contributed by atoms with E-state index in [0.717, 1.165) is 5.56 Å². The molecule has 0 heterocycles. The number of primary sulfonamides is 1. The number of hydrogen-bond donors (Lipinski definition) is 2. The maximum Gasteiger partial charge on any atom is 0.210 e. The molecule has 0 saturated heterocycles. The average molecular weight is 279 g/mol. The van der Waals surface area contributed by atoms with E-state index in [9.17, 15) is 8.42 Å². The Morgan fingerprint density at radius 1 is 1.47 bits per heavy atom. The molecule has 5 nitrogen and oxygen atoms in total. The lowest BCUT2D eigenvalue weighted by molar-refractivity contribution is 0.408. The fourth-order valence-electron chi connectivity index (χ4n) is 1.32. The van der Waals surface area contributed by atoms with Crippen LogP contribution in [-0.4, -0.2) is 27.8 Å². The van der Waals surface area contributed by atoms with Gasteiger partial charge in [0.1, 0.15) is 5.75 Å². The molecule has 0 aliphatic rings. The van der Waals surface area contributed by atoms with Gasteiger partial charge in [-0.05, 0) is 18.2 Å². The van der Waals surface area contributed by atoms with Crippen LogP contribution in [-0.2, 0) is 16.6 Å². The summed E-state index contributed by atoms with van der Waals surface area (Å²) in [5.74, 6) is 0.605. The third kappa shape index (κ3) is 5.36. The van der Waals surface area contributed by atoms with Gasteiger partial charge >= 0.3 is 0 Å². The summed E-state index contributed by atoms with van der Waals surface area (Å²) in [7, 11) is -1.86. The van der Waals surface area contributed by atoms with Gasteiger partial charge in [-0.1, -0.05) is 11.6 Å². The number of halogens is 1. The number of methoxy groups -OCH3 is 1. The summed E-state index contributed by atoms with van der Waals surface area (Å²) in [6.07, 6.45) is 0. The fraction of sp³-hybridized carbons (Fsp3) is 0.400. The molecule has 0 aliphatic carbocycles. The molecule has 96 valence electrons. The molecule has 0 unspecified atom stereocenters. The van der Waals surface area contributed by atoms with E-state index in [2.05, 4.69) is 5.32 Å². The van der Waals surface area contributed by atoms with Gasteiger partial charge in [-0.2, -0.15) is 0 Å². The summed E-state index contributed by atoms with van der Waals surface area (Å²) in [6, 6.07) is 5.26. The number of rotatable bonds is 6. The molecule has 0 aromatic heterocycles. The highest BCUT2D eigenvalue weighted by Gasteiger charge is 2.05. The van der Waals surface area contributed by atoms with Crippen LogP contribution >= 0.6 is 11.6 Å². The van der Waals surface area contributed by atoms with Crippen molar-refractivity contribution in [3.8, 4) is 5.75 Å². The van der Waals surface area contributed by atoms with Crippen molar-refractivity contribution in [3.63, 3.8) is 0 Å². The normalized spacial score (nSPS) is 11.5. The van der Waals surface area contributed by atoms with E-state index in [0.29, 0.717) is 17.3 Å². The number of nitrogens with two attached hydrogens (primary N) is 1. The van der Waals surface area contributed by atoms with Gasteiger partial charge in [0, 0.05) is 23.7 Å². The number of benzene rings is 1. The van der Waals surface area contributed by atoms with E-state index in [1.807, 2.05) is 0 Å². The lowest BCUT2D eigenvalue weighted by Gasteiger charge is -2.09. The first-order valence-electron chi connectivity index (χ1n) is 4.96. The van der Waals surface area contributed by atoms with Gasteiger partial charge in [-0.25, -0.2) is 13.6 Å². The molecule has 7 heteroatoms. The Kier molecular flexibility index (Phi) is 5.20. The molecule has 0 bridgehead atoms. The molecule has 1 aromatic rings. The molecule has 17 heavy (non-hydrogen) atoms. The molecular weight excluding hydrogens is 264 g/mol.